The molecule has 0 saturated carbocycles. The molecule has 0 radical (unpaired) electrons. The number of hydrogen-bond donors (Lipinski definition) is 1. The van der Waals surface area contributed by atoms with Crippen molar-refractivity contribution in [3.05, 3.63) is 23.2 Å². The maximum Gasteiger partial charge on any atom is 0.244 e. The number of halogens is 1. The van der Waals surface area contributed by atoms with Crippen LogP contribution < -0.4 is 5.32 Å². The van der Waals surface area contributed by atoms with E-state index in [0.29, 0.717) is 18.8 Å². The van der Waals surface area contributed by atoms with Crippen LogP contribution in [0.15, 0.2) is 23.1 Å². The van der Waals surface area contributed by atoms with Crippen LogP contribution in [0.2, 0.25) is 5.02 Å². The molecule has 140 valence electrons. The number of rotatable bonds is 5. The van der Waals surface area contributed by atoms with Crippen LogP contribution in [0.25, 0.3) is 0 Å². The van der Waals surface area contributed by atoms with E-state index in [1.54, 1.807) is 6.07 Å². The summed E-state index contributed by atoms with van der Waals surface area (Å²) in [5, 5.41) is 2.85. The molecule has 0 spiro atoms. The summed E-state index contributed by atoms with van der Waals surface area (Å²) in [5.74, 6) is -0.211. The van der Waals surface area contributed by atoms with Crippen molar-refractivity contribution in [1.29, 1.82) is 0 Å². The summed E-state index contributed by atoms with van der Waals surface area (Å²) in [6.07, 6.45) is 0.146. The number of hydrogen-bond acceptors (Lipinski definition) is 5. The molecule has 1 amide bonds. The van der Waals surface area contributed by atoms with Crippen LogP contribution in [0.4, 0.5) is 5.69 Å². The molecular weight excluding hydrogens is 366 g/mol. The van der Waals surface area contributed by atoms with E-state index in [4.69, 9.17) is 16.3 Å². The molecule has 1 aromatic carbocycles. The Hall–Kier alpha value is -1.19. The highest BCUT2D eigenvalue weighted by molar-refractivity contribution is 7.89. The fourth-order valence-electron chi connectivity index (χ4n) is 2.79. The van der Waals surface area contributed by atoms with Gasteiger partial charge in [-0.05, 0) is 32.0 Å². The van der Waals surface area contributed by atoms with Crippen molar-refractivity contribution < 1.29 is 17.9 Å². The molecule has 1 saturated heterocycles. The fraction of sp³-hybridized carbons (Fsp3) is 0.562. The molecule has 1 aliphatic rings. The molecule has 1 aliphatic heterocycles. The SMILES string of the molecule is CC1CN(CC(=O)Nc2ccc(Cl)c(S(=O)(=O)N(C)C)c2)CC(C)O1. The fourth-order valence-corrected chi connectivity index (χ4v) is 4.19. The number of ether oxygens (including phenoxy) is 1. The van der Waals surface area contributed by atoms with Crippen molar-refractivity contribution in [2.45, 2.75) is 31.0 Å². The minimum absolute atomic E-state index is 0.0365. The van der Waals surface area contributed by atoms with Crippen molar-refractivity contribution in [2.75, 3.05) is 39.0 Å². The van der Waals surface area contributed by atoms with Gasteiger partial charge >= 0.3 is 0 Å². The standard InChI is InChI=1S/C16H24ClN3O4S/c1-11-8-20(9-12(2)24-11)10-16(21)18-13-5-6-14(17)15(7-13)25(22,23)19(3)4/h5-7,11-12H,8-10H2,1-4H3,(H,18,21). The Morgan fingerprint density at radius 2 is 1.92 bits per heavy atom. The van der Waals surface area contributed by atoms with Gasteiger partial charge in [0.25, 0.3) is 0 Å². The van der Waals surface area contributed by atoms with Crippen molar-refractivity contribution in [3.8, 4) is 0 Å². The Labute approximate surface area is 153 Å². The van der Waals surface area contributed by atoms with Gasteiger partial charge in [0.1, 0.15) is 4.90 Å². The third kappa shape index (κ3) is 5.15. The van der Waals surface area contributed by atoms with Gasteiger partial charge < -0.3 is 10.1 Å². The van der Waals surface area contributed by atoms with Crippen LogP contribution in [0.3, 0.4) is 0 Å². The van der Waals surface area contributed by atoms with Gasteiger partial charge in [0.05, 0.1) is 23.8 Å². The van der Waals surface area contributed by atoms with Gasteiger partial charge in [0.15, 0.2) is 0 Å². The number of amides is 1. The molecule has 1 heterocycles. The predicted molar refractivity (Wildman–Crippen MR) is 97.4 cm³/mol. The first-order valence-electron chi connectivity index (χ1n) is 7.99. The molecule has 25 heavy (non-hydrogen) atoms. The number of anilines is 1. The summed E-state index contributed by atoms with van der Waals surface area (Å²) in [6, 6.07) is 4.42. The molecular formula is C16H24ClN3O4S. The highest BCUT2D eigenvalue weighted by Gasteiger charge is 2.24. The molecule has 2 rings (SSSR count). The second-order valence-corrected chi connectivity index (χ2v) is 8.96. The van der Waals surface area contributed by atoms with E-state index < -0.39 is 10.0 Å². The predicted octanol–water partition coefficient (Wildman–Crippen LogP) is 1.64. The molecule has 1 aromatic rings. The number of sulfonamides is 1. The summed E-state index contributed by atoms with van der Waals surface area (Å²) in [4.78, 5) is 14.3. The zero-order valence-corrected chi connectivity index (χ0v) is 16.4. The van der Waals surface area contributed by atoms with E-state index in [9.17, 15) is 13.2 Å². The molecule has 9 heteroatoms. The third-order valence-electron chi connectivity index (χ3n) is 3.84. The summed E-state index contributed by atoms with van der Waals surface area (Å²) >= 11 is 6.01. The van der Waals surface area contributed by atoms with E-state index in [1.165, 1.54) is 26.2 Å². The Kier molecular flexibility index (Phi) is 6.45. The Bertz CT molecular complexity index is 729. The third-order valence-corrected chi connectivity index (χ3v) is 6.13. The number of benzene rings is 1. The maximum absolute atomic E-state index is 12.3. The lowest BCUT2D eigenvalue weighted by atomic mass is 10.2. The molecule has 1 N–H and O–H groups in total. The summed E-state index contributed by atoms with van der Waals surface area (Å²) in [6.45, 7) is 5.52. The average Bonchev–Trinajstić information content (AvgIpc) is 2.47. The minimum Gasteiger partial charge on any atom is -0.373 e. The van der Waals surface area contributed by atoms with Crippen molar-refractivity contribution in [3.63, 3.8) is 0 Å². The lowest BCUT2D eigenvalue weighted by Crippen LogP contribution is -2.48. The van der Waals surface area contributed by atoms with Crippen molar-refractivity contribution in [2.24, 2.45) is 0 Å². The molecule has 0 bridgehead atoms. The summed E-state index contributed by atoms with van der Waals surface area (Å²) in [7, 11) is -0.828. The molecule has 1 fully saturated rings. The van der Waals surface area contributed by atoms with Crippen LogP contribution >= 0.6 is 11.6 Å². The summed E-state index contributed by atoms with van der Waals surface area (Å²) < 4.78 is 31.3. The van der Waals surface area contributed by atoms with Crippen LogP contribution in [-0.2, 0) is 19.6 Å². The highest BCUT2D eigenvalue weighted by Crippen LogP contribution is 2.26. The van der Waals surface area contributed by atoms with Gasteiger partial charge in [0.2, 0.25) is 15.9 Å². The Balaban J connectivity index is 2.09. The monoisotopic (exact) mass is 389 g/mol. The molecule has 2 atom stereocenters. The number of morpholine rings is 1. The first-order chi connectivity index (χ1) is 11.6. The molecule has 0 aliphatic carbocycles. The second kappa shape index (κ2) is 8.01. The number of carbonyl (C=O) groups excluding carboxylic acids is 1. The first-order valence-corrected chi connectivity index (χ1v) is 9.81. The maximum atomic E-state index is 12.3. The topological polar surface area (TPSA) is 79.0 Å². The van der Waals surface area contributed by atoms with Gasteiger partial charge in [-0.1, -0.05) is 11.6 Å². The zero-order valence-electron chi connectivity index (χ0n) is 14.8. The number of carbonyl (C=O) groups is 1. The van der Waals surface area contributed by atoms with Crippen molar-refractivity contribution in [1.82, 2.24) is 9.21 Å². The minimum atomic E-state index is -3.68. The number of nitrogens with zero attached hydrogens (tertiary/aromatic N) is 2. The zero-order chi connectivity index (χ0) is 18.8. The Morgan fingerprint density at radius 1 is 1.32 bits per heavy atom. The van der Waals surface area contributed by atoms with E-state index in [1.807, 2.05) is 18.7 Å². The van der Waals surface area contributed by atoms with Crippen molar-refractivity contribution >= 4 is 33.2 Å². The normalized spacial score (nSPS) is 22.2. The Morgan fingerprint density at radius 3 is 2.48 bits per heavy atom. The van der Waals surface area contributed by atoms with E-state index in [-0.39, 0.29) is 34.6 Å². The van der Waals surface area contributed by atoms with E-state index >= 15 is 0 Å². The van der Waals surface area contributed by atoms with Gasteiger partial charge in [-0.2, -0.15) is 0 Å². The van der Waals surface area contributed by atoms with Crippen LogP contribution in [0, 0.1) is 0 Å². The second-order valence-electron chi connectivity index (χ2n) is 6.43. The van der Waals surface area contributed by atoms with Gasteiger partial charge in [0, 0.05) is 32.9 Å². The molecule has 2 unspecified atom stereocenters. The molecule has 0 aromatic heterocycles. The lowest BCUT2D eigenvalue weighted by Gasteiger charge is -2.34. The molecule has 7 nitrogen and oxygen atoms in total. The summed E-state index contributed by atoms with van der Waals surface area (Å²) in [5.41, 5.74) is 0.393. The largest absolute Gasteiger partial charge is 0.373 e. The van der Waals surface area contributed by atoms with Crippen LogP contribution in [0.5, 0.6) is 0 Å². The van der Waals surface area contributed by atoms with Gasteiger partial charge in [-0.25, -0.2) is 12.7 Å². The smallest absolute Gasteiger partial charge is 0.244 e. The average molecular weight is 390 g/mol. The quantitative estimate of drug-likeness (QED) is 0.828. The number of nitrogens with one attached hydrogen (secondary N) is 1. The van der Waals surface area contributed by atoms with Gasteiger partial charge in [-0.3, -0.25) is 9.69 Å². The van der Waals surface area contributed by atoms with Crippen LogP contribution in [-0.4, -0.2) is 69.5 Å². The van der Waals surface area contributed by atoms with Crippen LogP contribution in [0.1, 0.15) is 13.8 Å². The van der Waals surface area contributed by atoms with Gasteiger partial charge in [-0.15, -0.1) is 0 Å². The van der Waals surface area contributed by atoms with E-state index in [2.05, 4.69) is 5.32 Å². The lowest BCUT2D eigenvalue weighted by molar-refractivity contribution is -0.121. The highest BCUT2D eigenvalue weighted by atomic mass is 35.5. The van der Waals surface area contributed by atoms with E-state index in [0.717, 1.165) is 4.31 Å². The first kappa shape index (κ1) is 20.1.